The molecule has 0 spiro atoms. The van der Waals surface area contributed by atoms with Crippen LogP contribution in [0.15, 0.2) is 217 Å². The Bertz CT molecular complexity index is 2890. The van der Waals surface area contributed by atoms with E-state index >= 15 is 0 Å². The first-order valence-corrected chi connectivity index (χ1v) is 18.4. The summed E-state index contributed by atoms with van der Waals surface area (Å²) in [5.41, 5.74) is 14.6. The minimum absolute atomic E-state index is 0.907. The fourth-order valence-electron chi connectivity index (χ4n) is 7.86. The predicted octanol–water partition coefficient (Wildman–Crippen LogP) is 14.9. The largest absolute Gasteiger partial charge is 0.456 e. The van der Waals surface area contributed by atoms with E-state index in [0.717, 1.165) is 44.6 Å². The van der Waals surface area contributed by atoms with Gasteiger partial charge in [0, 0.05) is 27.7 Å². The fraction of sp³-hybridized carbons (Fsp3) is 0. The van der Waals surface area contributed by atoms with Gasteiger partial charge in [0.05, 0.1) is 5.69 Å². The van der Waals surface area contributed by atoms with E-state index in [1.54, 1.807) is 0 Å². The smallest absolute Gasteiger partial charge is 0.136 e. The molecule has 0 unspecified atom stereocenters. The Labute approximate surface area is 314 Å². The average molecular weight is 690 g/mol. The van der Waals surface area contributed by atoms with Crippen molar-refractivity contribution in [3.63, 3.8) is 0 Å². The van der Waals surface area contributed by atoms with Gasteiger partial charge in [-0.1, -0.05) is 170 Å². The third kappa shape index (κ3) is 5.62. The summed E-state index contributed by atoms with van der Waals surface area (Å²) in [6.07, 6.45) is 0. The van der Waals surface area contributed by atoms with Crippen molar-refractivity contribution in [2.24, 2.45) is 0 Å². The van der Waals surface area contributed by atoms with Gasteiger partial charge in [0.25, 0.3) is 0 Å². The number of para-hydroxylation sites is 2. The Morgan fingerprint density at radius 3 is 1.35 bits per heavy atom. The molecule has 0 aliphatic heterocycles. The Hall–Kier alpha value is -7.16. The van der Waals surface area contributed by atoms with Gasteiger partial charge in [-0.05, 0) is 92.2 Å². The summed E-state index contributed by atoms with van der Waals surface area (Å²) in [7, 11) is 0. The number of nitrogens with zero attached hydrogens (tertiary/aromatic N) is 1. The van der Waals surface area contributed by atoms with Crippen molar-refractivity contribution in [2.75, 3.05) is 4.90 Å². The van der Waals surface area contributed by atoms with Crippen molar-refractivity contribution >= 4 is 49.8 Å². The lowest BCUT2D eigenvalue weighted by Gasteiger charge is -2.28. The minimum atomic E-state index is 0.907. The molecule has 0 radical (unpaired) electrons. The van der Waals surface area contributed by atoms with Crippen LogP contribution in [-0.4, -0.2) is 0 Å². The molecule has 54 heavy (non-hydrogen) atoms. The van der Waals surface area contributed by atoms with Crippen molar-refractivity contribution in [2.45, 2.75) is 0 Å². The number of furan rings is 1. The molecular formula is C52H35NO. The van der Waals surface area contributed by atoms with Gasteiger partial charge < -0.3 is 9.32 Å². The lowest BCUT2D eigenvalue weighted by Crippen LogP contribution is -2.11. The Morgan fingerprint density at radius 1 is 0.278 bits per heavy atom. The first-order valence-electron chi connectivity index (χ1n) is 18.4. The van der Waals surface area contributed by atoms with Gasteiger partial charge in [0.2, 0.25) is 0 Å². The molecule has 0 aliphatic rings. The van der Waals surface area contributed by atoms with E-state index in [1.165, 1.54) is 49.7 Å². The molecule has 1 heterocycles. The number of anilines is 3. The molecule has 0 atom stereocenters. The highest BCUT2D eigenvalue weighted by molar-refractivity contribution is 6.21. The van der Waals surface area contributed by atoms with Crippen LogP contribution in [-0.2, 0) is 0 Å². The van der Waals surface area contributed by atoms with Crippen LogP contribution in [0.2, 0.25) is 0 Å². The number of hydrogen-bond donors (Lipinski definition) is 0. The standard InChI is InChI=1S/C52H35NO/c1-3-12-36(13-4-1)38-22-24-39(25-23-38)41-28-32-43(33-29-41)53(42-30-26-40(27-31-42)37-14-5-2-6-15-37)49-20-9-7-16-46(49)44-18-11-19-47-45(44)34-35-51-52(47)48-17-8-10-21-50(48)54-51/h1-35H. The van der Waals surface area contributed by atoms with Crippen molar-refractivity contribution in [3.05, 3.63) is 212 Å². The summed E-state index contributed by atoms with van der Waals surface area (Å²) in [4.78, 5) is 2.39. The van der Waals surface area contributed by atoms with Gasteiger partial charge in [0.1, 0.15) is 11.2 Å². The van der Waals surface area contributed by atoms with Crippen LogP contribution in [0.3, 0.4) is 0 Å². The Kier molecular flexibility index (Phi) is 7.85. The van der Waals surface area contributed by atoms with Gasteiger partial charge >= 0.3 is 0 Å². The molecule has 0 fully saturated rings. The van der Waals surface area contributed by atoms with Gasteiger partial charge in [-0.25, -0.2) is 0 Å². The van der Waals surface area contributed by atoms with Crippen molar-refractivity contribution in [1.29, 1.82) is 0 Å². The number of benzene rings is 9. The van der Waals surface area contributed by atoms with E-state index in [0.29, 0.717) is 0 Å². The second kappa shape index (κ2) is 13.4. The molecule has 9 aromatic carbocycles. The third-order valence-corrected chi connectivity index (χ3v) is 10.5. The first kappa shape index (κ1) is 31.6. The monoisotopic (exact) mass is 689 g/mol. The summed E-state index contributed by atoms with van der Waals surface area (Å²) in [5.74, 6) is 0. The van der Waals surface area contributed by atoms with E-state index in [4.69, 9.17) is 4.42 Å². The molecule has 10 aromatic rings. The zero-order valence-electron chi connectivity index (χ0n) is 29.6. The minimum Gasteiger partial charge on any atom is -0.456 e. The molecule has 0 N–H and O–H groups in total. The maximum atomic E-state index is 6.28. The summed E-state index contributed by atoms with van der Waals surface area (Å²) in [5, 5.41) is 4.67. The second-order valence-corrected chi connectivity index (χ2v) is 13.7. The SMILES string of the molecule is c1ccc(-c2ccc(-c3ccc(N(c4ccc(-c5ccccc5)cc4)c4ccccc4-c4cccc5c4ccc4oc6ccccc6c45)cc3)cc2)cc1. The van der Waals surface area contributed by atoms with Crippen LogP contribution in [0.25, 0.3) is 77.2 Å². The molecule has 0 amide bonds. The average Bonchev–Trinajstić information content (AvgIpc) is 3.64. The zero-order chi connectivity index (χ0) is 35.8. The Morgan fingerprint density at radius 2 is 0.741 bits per heavy atom. The van der Waals surface area contributed by atoms with E-state index in [1.807, 2.05) is 12.1 Å². The molecule has 0 saturated heterocycles. The van der Waals surface area contributed by atoms with Crippen LogP contribution in [0.4, 0.5) is 17.1 Å². The summed E-state index contributed by atoms with van der Waals surface area (Å²) in [6.45, 7) is 0. The predicted molar refractivity (Wildman–Crippen MR) is 228 cm³/mol. The van der Waals surface area contributed by atoms with Crippen LogP contribution in [0.5, 0.6) is 0 Å². The third-order valence-electron chi connectivity index (χ3n) is 10.5. The fourth-order valence-corrected chi connectivity index (χ4v) is 7.86. The lowest BCUT2D eigenvalue weighted by atomic mass is 9.94. The summed E-state index contributed by atoms with van der Waals surface area (Å²) >= 11 is 0. The summed E-state index contributed by atoms with van der Waals surface area (Å²) < 4.78 is 6.28. The topological polar surface area (TPSA) is 16.4 Å². The van der Waals surface area contributed by atoms with E-state index in [-0.39, 0.29) is 0 Å². The van der Waals surface area contributed by atoms with Gasteiger partial charge in [-0.15, -0.1) is 0 Å². The molecule has 2 heteroatoms. The lowest BCUT2D eigenvalue weighted by molar-refractivity contribution is 0.669. The maximum absolute atomic E-state index is 6.28. The van der Waals surface area contributed by atoms with E-state index in [9.17, 15) is 0 Å². The van der Waals surface area contributed by atoms with E-state index < -0.39 is 0 Å². The first-order chi connectivity index (χ1) is 26.8. The van der Waals surface area contributed by atoms with Gasteiger partial charge in [-0.3, -0.25) is 0 Å². The molecule has 0 bridgehead atoms. The molecule has 1 aromatic heterocycles. The van der Waals surface area contributed by atoms with Gasteiger partial charge in [-0.2, -0.15) is 0 Å². The maximum Gasteiger partial charge on any atom is 0.136 e. The molecule has 10 rings (SSSR count). The number of fused-ring (bicyclic) bond motifs is 5. The summed E-state index contributed by atoms with van der Waals surface area (Å²) in [6, 6.07) is 75.9. The van der Waals surface area contributed by atoms with Crippen LogP contribution < -0.4 is 4.90 Å². The highest BCUT2D eigenvalue weighted by Gasteiger charge is 2.20. The molecular weight excluding hydrogens is 655 g/mol. The number of hydrogen-bond acceptors (Lipinski definition) is 2. The number of rotatable bonds is 7. The normalized spacial score (nSPS) is 11.3. The zero-order valence-corrected chi connectivity index (χ0v) is 29.6. The molecule has 254 valence electrons. The van der Waals surface area contributed by atoms with Crippen LogP contribution in [0, 0.1) is 0 Å². The van der Waals surface area contributed by atoms with Crippen molar-refractivity contribution < 1.29 is 4.42 Å². The quantitative estimate of drug-likeness (QED) is 0.166. The van der Waals surface area contributed by atoms with Gasteiger partial charge in [0.15, 0.2) is 0 Å². The molecule has 0 saturated carbocycles. The molecule has 0 aliphatic carbocycles. The highest BCUT2D eigenvalue weighted by atomic mass is 16.3. The van der Waals surface area contributed by atoms with Crippen molar-refractivity contribution in [1.82, 2.24) is 0 Å². The van der Waals surface area contributed by atoms with Crippen LogP contribution >= 0.6 is 0 Å². The molecule has 2 nitrogen and oxygen atoms in total. The Balaban J connectivity index is 1.10. The van der Waals surface area contributed by atoms with E-state index in [2.05, 4.69) is 205 Å². The van der Waals surface area contributed by atoms with Crippen LogP contribution in [0.1, 0.15) is 0 Å². The highest BCUT2D eigenvalue weighted by Crippen LogP contribution is 2.45. The van der Waals surface area contributed by atoms with Crippen molar-refractivity contribution in [3.8, 4) is 44.5 Å². The second-order valence-electron chi connectivity index (χ2n) is 13.7.